The molecule has 0 bridgehead atoms. The topological polar surface area (TPSA) is 3.24 Å². The van der Waals surface area contributed by atoms with Gasteiger partial charge in [-0.1, -0.05) is 36.3 Å². The van der Waals surface area contributed by atoms with Crippen LogP contribution in [0.1, 0.15) is 18.7 Å². The number of hydrogen-bond acceptors (Lipinski definition) is 1. The maximum Gasteiger partial charge on any atom is 0.140 e. The molecule has 0 saturated carbocycles. The first kappa shape index (κ1) is 11.7. The summed E-state index contributed by atoms with van der Waals surface area (Å²) in [5.41, 5.74) is 0.703. The van der Waals surface area contributed by atoms with Gasteiger partial charge < -0.3 is 0 Å². The summed E-state index contributed by atoms with van der Waals surface area (Å²) >= 11 is 0. The molecule has 0 aliphatic carbocycles. The normalized spacial score (nSPS) is 14.6. The maximum absolute atomic E-state index is 14.0. The number of hydrogen-bond donors (Lipinski definition) is 0. The number of halogens is 1. The molecule has 80 valence electrons. The molecule has 0 spiro atoms. The van der Waals surface area contributed by atoms with E-state index in [1.165, 1.54) is 0 Å². The van der Waals surface area contributed by atoms with Gasteiger partial charge >= 0.3 is 0 Å². The van der Waals surface area contributed by atoms with Gasteiger partial charge in [-0.2, -0.15) is 0 Å². The molecule has 2 atom stereocenters. The molecule has 1 aromatic carbocycles. The number of likely N-dealkylation sites (N-methyl/N-ethyl adjacent to an activating group) is 1. The van der Waals surface area contributed by atoms with Gasteiger partial charge in [-0.05, 0) is 19.5 Å². The van der Waals surface area contributed by atoms with Crippen LogP contribution in [0.15, 0.2) is 30.3 Å². The number of alkyl halides is 1. The Morgan fingerprint density at radius 2 is 2.00 bits per heavy atom. The Hall–Kier alpha value is -1.33. The van der Waals surface area contributed by atoms with Crippen molar-refractivity contribution in [3.8, 4) is 12.3 Å². The third-order valence-electron chi connectivity index (χ3n) is 2.58. The smallest absolute Gasteiger partial charge is 0.140 e. The van der Waals surface area contributed by atoms with E-state index < -0.39 is 6.17 Å². The van der Waals surface area contributed by atoms with Crippen molar-refractivity contribution in [2.75, 3.05) is 13.6 Å². The molecule has 0 fully saturated rings. The Morgan fingerprint density at radius 3 is 2.53 bits per heavy atom. The van der Waals surface area contributed by atoms with Crippen LogP contribution in [0, 0.1) is 12.3 Å². The van der Waals surface area contributed by atoms with E-state index in [0.717, 1.165) is 0 Å². The SMILES string of the molecule is C#CCN(C)[C@H](C)C([18F])c1ccccc1. The molecule has 1 rings (SSSR count). The molecule has 1 nitrogen and oxygen atoms in total. The molecular weight excluding hydrogens is 188 g/mol. The lowest BCUT2D eigenvalue weighted by Crippen LogP contribution is -2.33. The van der Waals surface area contributed by atoms with Crippen LogP contribution in [0.25, 0.3) is 0 Å². The van der Waals surface area contributed by atoms with Gasteiger partial charge in [-0.25, -0.2) is 4.39 Å². The fraction of sp³-hybridized carbons (Fsp3) is 0.385. The van der Waals surface area contributed by atoms with Crippen LogP contribution in [0.2, 0.25) is 0 Å². The highest BCUT2D eigenvalue weighted by molar-refractivity contribution is 5.18. The van der Waals surface area contributed by atoms with Crippen molar-refractivity contribution in [3.63, 3.8) is 0 Å². The van der Waals surface area contributed by atoms with Crippen molar-refractivity contribution >= 4 is 0 Å². The molecule has 0 aliphatic rings. The van der Waals surface area contributed by atoms with Crippen LogP contribution >= 0.6 is 0 Å². The molecular formula is C13H16FN. The molecule has 1 aromatic rings. The van der Waals surface area contributed by atoms with E-state index in [0.29, 0.717) is 12.1 Å². The summed E-state index contributed by atoms with van der Waals surface area (Å²) in [5.74, 6) is 2.51. The summed E-state index contributed by atoms with van der Waals surface area (Å²) in [6.07, 6.45) is 4.20. The highest BCUT2D eigenvalue weighted by Gasteiger charge is 2.21. The lowest BCUT2D eigenvalue weighted by Gasteiger charge is -2.25. The molecule has 0 radical (unpaired) electrons. The molecule has 0 amide bonds. The summed E-state index contributed by atoms with van der Waals surface area (Å²) in [5, 5.41) is 0. The summed E-state index contributed by atoms with van der Waals surface area (Å²) < 4.78 is 14.0. The van der Waals surface area contributed by atoms with Crippen molar-refractivity contribution < 1.29 is 4.39 Å². The number of benzene rings is 1. The Labute approximate surface area is 90.9 Å². The van der Waals surface area contributed by atoms with E-state index in [1.54, 1.807) is 12.1 Å². The van der Waals surface area contributed by atoms with E-state index in [-0.39, 0.29) is 6.04 Å². The number of nitrogens with zero attached hydrogens (tertiary/aromatic N) is 1. The van der Waals surface area contributed by atoms with Crippen molar-refractivity contribution in [2.45, 2.75) is 19.1 Å². The molecule has 0 aromatic heterocycles. The first-order chi connectivity index (χ1) is 7.16. The van der Waals surface area contributed by atoms with Crippen LogP contribution in [0.3, 0.4) is 0 Å². The van der Waals surface area contributed by atoms with Crippen molar-refractivity contribution in [2.24, 2.45) is 0 Å². The molecule has 0 saturated heterocycles. The van der Waals surface area contributed by atoms with Crippen LogP contribution in [0.4, 0.5) is 4.39 Å². The Kier molecular flexibility index (Phi) is 4.33. The lowest BCUT2D eigenvalue weighted by atomic mass is 10.0. The predicted molar refractivity (Wildman–Crippen MR) is 61.2 cm³/mol. The van der Waals surface area contributed by atoms with E-state index in [4.69, 9.17) is 6.42 Å². The number of rotatable bonds is 4. The minimum Gasteiger partial charge on any atom is -0.289 e. The standard InChI is InChI=1S/C13H16FN/c1-4-10-15(3)11(2)13(14)12-8-6-5-7-9-12/h1,5-9,11,13H,10H2,2-3H3/t11-,13?/m1/s1/i14-1. The summed E-state index contributed by atoms with van der Waals surface area (Å²) in [6.45, 7) is 2.31. The maximum atomic E-state index is 14.0. The Morgan fingerprint density at radius 1 is 1.40 bits per heavy atom. The third-order valence-corrected chi connectivity index (χ3v) is 2.58. The summed E-state index contributed by atoms with van der Waals surface area (Å²) in [7, 11) is 1.83. The van der Waals surface area contributed by atoms with Crippen LogP contribution in [-0.2, 0) is 0 Å². The van der Waals surface area contributed by atoms with Gasteiger partial charge in [0, 0.05) is 6.04 Å². The van der Waals surface area contributed by atoms with Gasteiger partial charge in [-0.3, -0.25) is 4.90 Å². The van der Waals surface area contributed by atoms with Gasteiger partial charge in [0.05, 0.1) is 6.54 Å². The zero-order valence-corrected chi connectivity index (χ0v) is 9.15. The quantitative estimate of drug-likeness (QED) is 0.681. The Balaban J connectivity index is 2.69. The van der Waals surface area contributed by atoms with Crippen molar-refractivity contribution in [3.05, 3.63) is 35.9 Å². The minimum absolute atomic E-state index is 0.205. The second-order valence-electron chi connectivity index (χ2n) is 3.67. The molecule has 0 heterocycles. The second-order valence-corrected chi connectivity index (χ2v) is 3.67. The highest BCUT2D eigenvalue weighted by Crippen LogP contribution is 2.23. The monoisotopic (exact) mass is 204 g/mol. The van der Waals surface area contributed by atoms with Crippen LogP contribution in [-0.4, -0.2) is 24.5 Å². The molecule has 2 heteroatoms. The zero-order valence-electron chi connectivity index (χ0n) is 9.15. The van der Waals surface area contributed by atoms with Crippen LogP contribution < -0.4 is 0 Å². The zero-order chi connectivity index (χ0) is 11.3. The van der Waals surface area contributed by atoms with E-state index in [2.05, 4.69) is 5.92 Å². The van der Waals surface area contributed by atoms with Crippen molar-refractivity contribution in [1.82, 2.24) is 4.90 Å². The van der Waals surface area contributed by atoms with Gasteiger partial charge in [0.1, 0.15) is 6.17 Å². The first-order valence-electron chi connectivity index (χ1n) is 4.99. The van der Waals surface area contributed by atoms with E-state index >= 15 is 0 Å². The second kappa shape index (κ2) is 5.53. The van der Waals surface area contributed by atoms with Crippen molar-refractivity contribution in [1.29, 1.82) is 0 Å². The predicted octanol–water partition coefficient (Wildman–Crippen LogP) is 2.65. The molecule has 0 N–H and O–H groups in total. The number of terminal acetylenes is 1. The average molecular weight is 204 g/mol. The molecule has 1 unspecified atom stereocenters. The summed E-state index contributed by atoms with van der Waals surface area (Å²) in [6, 6.07) is 8.96. The minimum atomic E-state index is -0.996. The third kappa shape index (κ3) is 3.07. The fourth-order valence-electron chi connectivity index (χ4n) is 1.43. The Bertz CT molecular complexity index is 328. The van der Waals surface area contributed by atoms with Gasteiger partial charge in [0.2, 0.25) is 0 Å². The molecule has 15 heavy (non-hydrogen) atoms. The van der Waals surface area contributed by atoms with Gasteiger partial charge in [0.15, 0.2) is 0 Å². The lowest BCUT2D eigenvalue weighted by molar-refractivity contribution is 0.162. The fourth-order valence-corrected chi connectivity index (χ4v) is 1.43. The largest absolute Gasteiger partial charge is 0.289 e. The van der Waals surface area contributed by atoms with E-state index in [1.807, 2.05) is 37.1 Å². The van der Waals surface area contributed by atoms with Gasteiger partial charge in [0.25, 0.3) is 0 Å². The highest BCUT2D eigenvalue weighted by atomic mass is 18.2. The van der Waals surface area contributed by atoms with E-state index in [9.17, 15) is 4.39 Å². The summed E-state index contributed by atoms with van der Waals surface area (Å²) in [4.78, 5) is 1.83. The first-order valence-corrected chi connectivity index (χ1v) is 4.99. The molecule has 0 aliphatic heterocycles. The van der Waals surface area contributed by atoms with Gasteiger partial charge in [-0.15, -0.1) is 6.42 Å². The van der Waals surface area contributed by atoms with Crippen LogP contribution in [0.5, 0.6) is 0 Å². The average Bonchev–Trinajstić information content (AvgIpc) is 2.28.